The number of ether oxygens (including phenoxy) is 1. The Hall–Kier alpha value is -0.530. The third-order valence-corrected chi connectivity index (χ3v) is 2.80. The van der Waals surface area contributed by atoms with Crippen LogP contribution in [-0.4, -0.2) is 13.1 Å². The van der Waals surface area contributed by atoms with E-state index < -0.39 is 0 Å². The highest BCUT2D eigenvalue weighted by Crippen LogP contribution is 2.16. The molecule has 0 aliphatic rings. The highest BCUT2D eigenvalue weighted by atomic mass is 16.5. The van der Waals surface area contributed by atoms with E-state index in [2.05, 4.69) is 25.5 Å². The number of rotatable bonds is 8. The molecule has 0 amide bonds. The predicted molar refractivity (Wildman–Crippen MR) is 63.7 cm³/mol. The maximum atomic E-state index is 10.9. The zero-order valence-corrected chi connectivity index (χ0v) is 10.7. The molecular weight excluding hydrogens is 188 g/mol. The van der Waals surface area contributed by atoms with Gasteiger partial charge in [0.15, 0.2) is 0 Å². The van der Waals surface area contributed by atoms with Gasteiger partial charge < -0.3 is 4.74 Å². The lowest BCUT2D eigenvalue weighted by molar-refractivity contribution is -0.140. The molecule has 0 saturated carbocycles. The fourth-order valence-corrected chi connectivity index (χ4v) is 1.66. The van der Waals surface area contributed by atoms with E-state index in [1.54, 1.807) is 0 Å². The lowest BCUT2D eigenvalue weighted by Gasteiger charge is -2.10. The maximum Gasteiger partial charge on any atom is 0.305 e. The van der Waals surface area contributed by atoms with Crippen molar-refractivity contribution in [3.63, 3.8) is 0 Å². The van der Waals surface area contributed by atoms with Crippen LogP contribution in [0.3, 0.4) is 0 Å². The molecule has 0 N–H and O–H groups in total. The van der Waals surface area contributed by atoms with Crippen LogP contribution in [0.15, 0.2) is 0 Å². The summed E-state index contributed by atoms with van der Waals surface area (Å²) in [6, 6.07) is 0. The fraction of sp³-hybridized carbons (Fsp3) is 0.923. The molecule has 90 valence electrons. The van der Waals surface area contributed by atoms with E-state index >= 15 is 0 Å². The van der Waals surface area contributed by atoms with Crippen molar-refractivity contribution in [1.29, 1.82) is 0 Å². The van der Waals surface area contributed by atoms with Crippen molar-refractivity contribution >= 4 is 5.97 Å². The minimum Gasteiger partial charge on any atom is -0.469 e. The Morgan fingerprint density at radius 2 is 1.67 bits per heavy atom. The first-order valence-electron chi connectivity index (χ1n) is 6.13. The molecule has 0 saturated heterocycles. The van der Waals surface area contributed by atoms with E-state index in [1.165, 1.54) is 32.8 Å². The SMILES string of the molecule is COC(=O)CCC(C)CCCCC(C)C. The molecule has 0 aliphatic carbocycles. The molecular formula is C13H26O2. The third kappa shape index (κ3) is 9.77. The molecule has 0 heterocycles. The van der Waals surface area contributed by atoms with Gasteiger partial charge in [-0.05, 0) is 18.3 Å². The van der Waals surface area contributed by atoms with Crippen LogP contribution in [0.2, 0.25) is 0 Å². The fourth-order valence-electron chi connectivity index (χ4n) is 1.66. The van der Waals surface area contributed by atoms with E-state index in [0.717, 1.165) is 12.3 Å². The highest BCUT2D eigenvalue weighted by Gasteiger charge is 2.06. The van der Waals surface area contributed by atoms with Gasteiger partial charge in [-0.1, -0.05) is 46.5 Å². The van der Waals surface area contributed by atoms with Crippen molar-refractivity contribution in [1.82, 2.24) is 0 Å². The summed E-state index contributed by atoms with van der Waals surface area (Å²) in [5.41, 5.74) is 0. The van der Waals surface area contributed by atoms with Gasteiger partial charge in [-0.2, -0.15) is 0 Å². The standard InChI is InChI=1S/C13H26O2/c1-11(2)7-5-6-8-12(3)9-10-13(14)15-4/h11-12H,5-10H2,1-4H3. The van der Waals surface area contributed by atoms with Gasteiger partial charge in [-0.25, -0.2) is 0 Å². The van der Waals surface area contributed by atoms with E-state index in [-0.39, 0.29) is 5.97 Å². The Bertz CT molecular complexity index is 164. The van der Waals surface area contributed by atoms with Crippen molar-refractivity contribution in [3.8, 4) is 0 Å². The summed E-state index contributed by atoms with van der Waals surface area (Å²) in [7, 11) is 1.45. The minimum atomic E-state index is -0.0796. The van der Waals surface area contributed by atoms with Crippen LogP contribution in [0.1, 0.15) is 59.3 Å². The summed E-state index contributed by atoms with van der Waals surface area (Å²) < 4.78 is 4.62. The number of unbranched alkanes of at least 4 members (excludes halogenated alkanes) is 1. The molecule has 0 aromatic carbocycles. The molecule has 2 nitrogen and oxygen atoms in total. The molecule has 15 heavy (non-hydrogen) atoms. The van der Waals surface area contributed by atoms with Gasteiger partial charge in [-0.3, -0.25) is 4.79 Å². The van der Waals surface area contributed by atoms with Crippen LogP contribution >= 0.6 is 0 Å². The number of methoxy groups -OCH3 is 1. The first-order valence-corrected chi connectivity index (χ1v) is 6.13. The van der Waals surface area contributed by atoms with Crippen molar-refractivity contribution in [2.75, 3.05) is 7.11 Å². The number of carbonyl (C=O) groups excluding carboxylic acids is 1. The molecule has 0 aliphatic heterocycles. The lowest BCUT2D eigenvalue weighted by atomic mass is 9.96. The zero-order valence-electron chi connectivity index (χ0n) is 10.7. The molecule has 2 heteroatoms. The van der Waals surface area contributed by atoms with E-state index in [4.69, 9.17) is 0 Å². The first-order chi connectivity index (χ1) is 7.06. The molecule has 0 rings (SSSR count). The summed E-state index contributed by atoms with van der Waals surface area (Å²) in [5, 5.41) is 0. The number of hydrogen-bond donors (Lipinski definition) is 0. The molecule has 0 bridgehead atoms. The van der Waals surface area contributed by atoms with Crippen molar-refractivity contribution < 1.29 is 9.53 Å². The van der Waals surface area contributed by atoms with Crippen LogP contribution in [-0.2, 0) is 9.53 Å². The van der Waals surface area contributed by atoms with Gasteiger partial charge in [-0.15, -0.1) is 0 Å². The van der Waals surface area contributed by atoms with Crippen molar-refractivity contribution in [3.05, 3.63) is 0 Å². The predicted octanol–water partition coefficient (Wildman–Crippen LogP) is 3.79. The summed E-state index contributed by atoms with van der Waals surface area (Å²) in [4.78, 5) is 10.9. The first kappa shape index (κ1) is 14.5. The normalized spacial score (nSPS) is 12.9. The van der Waals surface area contributed by atoms with E-state index in [0.29, 0.717) is 12.3 Å². The smallest absolute Gasteiger partial charge is 0.305 e. The summed E-state index contributed by atoms with van der Waals surface area (Å²) in [6.45, 7) is 6.75. The third-order valence-electron chi connectivity index (χ3n) is 2.80. The average molecular weight is 214 g/mol. The molecule has 0 spiro atoms. The summed E-state index contributed by atoms with van der Waals surface area (Å²) in [6.07, 6.45) is 6.71. The van der Waals surface area contributed by atoms with Crippen LogP contribution in [0.5, 0.6) is 0 Å². The quantitative estimate of drug-likeness (QED) is 0.454. The number of hydrogen-bond acceptors (Lipinski definition) is 2. The second-order valence-electron chi connectivity index (χ2n) is 4.90. The summed E-state index contributed by atoms with van der Waals surface area (Å²) >= 11 is 0. The Morgan fingerprint density at radius 1 is 1.07 bits per heavy atom. The largest absolute Gasteiger partial charge is 0.469 e. The average Bonchev–Trinajstić information content (AvgIpc) is 2.20. The van der Waals surface area contributed by atoms with Gasteiger partial charge in [0.1, 0.15) is 0 Å². The molecule has 1 atom stereocenters. The topological polar surface area (TPSA) is 26.3 Å². The van der Waals surface area contributed by atoms with Gasteiger partial charge in [0.25, 0.3) is 0 Å². The molecule has 0 radical (unpaired) electrons. The van der Waals surface area contributed by atoms with Crippen LogP contribution in [0, 0.1) is 11.8 Å². The van der Waals surface area contributed by atoms with Crippen LogP contribution < -0.4 is 0 Å². The highest BCUT2D eigenvalue weighted by molar-refractivity contribution is 5.69. The molecule has 0 fully saturated rings. The second-order valence-corrected chi connectivity index (χ2v) is 4.90. The molecule has 0 aromatic rings. The van der Waals surface area contributed by atoms with Crippen molar-refractivity contribution in [2.24, 2.45) is 11.8 Å². The Kier molecular flexibility index (Phi) is 8.44. The summed E-state index contributed by atoms with van der Waals surface area (Å²) in [5.74, 6) is 1.38. The second kappa shape index (κ2) is 8.75. The van der Waals surface area contributed by atoms with Crippen LogP contribution in [0.4, 0.5) is 0 Å². The Labute approximate surface area is 94.4 Å². The minimum absolute atomic E-state index is 0.0796. The van der Waals surface area contributed by atoms with Crippen LogP contribution in [0.25, 0.3) is 0 Å². The van der Waals surface area contributed by atoms with Crippen molar-refractivity contribution in [2.45, 2.75) is 59.3 Å². The Morgan fingerprint density at radius 3 is 2.20 bits per heavy atom. The lowest BCUT2D eigenvalue weighted by Crippen LogP contribution is -2.04. The van der Waals surface area contributed by atoms with Gasteiger partial charge >= 0.3 is 5.97 Å². The maximum absolute atomic E-state index is 10.9. The zero-order chi connectivity index (χ0) is 11.7. The Balaban J connectivity index is 3.33. The van der Waals surface area contributed by atoms with Gasteiger partial charge in [0.05, 0.1) is 7.11 Å². The van der Waals surface area contributed by atoms with E-state index in [9.17, 15) is 4.79 Å². The molecule has 0 aromatic heterocycles. The van der Waals surface area contributed by atoms with Gasteiger partial charge in [0.2, 0.25) is 0 Å². The monoisotopic (exact) mass is 214 g/mol. The number of carbonyl (C=O) groups is 1. The van der Waals surface area contributed by atoms with E-state index in [1.807, 2.05) is 0 Å². The van der Waals surface area contributed by atoms with Gasteiger partial charge in [0, 0.05) is 6.42 Å². The number of esters is 1. The molecule has 1 unspecified atom stereocenters.